The molecule has 9 heteroatoms. The average Bonchev–Trinajstić information content (AvgIpc) is 3.65. The largest absolute Gasteiger partial charge is 0.454 e. The number of rotatable bonds is 5. The first-order valence-corrected chi connectivity index (χ1v) is 12.9. The second kappa shape index (κ2) is 9.04. The molecule has 186 valence electrons. The Kier molecular flexibility index (Phi) is 5.36. The number of nitrogens with zero attached hydrogens (tertiary/aromatic N) is 4. The van der Waals surface area contributed by atoms with Crippen LogP contribution in [0.25, 0.3) is 17.0 Å². The first kappa shape index (κ1) is 22.6. The van der Waals surface area contributed by atoms with Crippen LogP contribution in [0.5, 0.6) is 11.5 Å². The summed E-state index contributed by atoms with van der Waals surface area (Å²) >= 11 is 1.34. The fourth-order valence-electron chi connectivity index (χ4n) is 4.79. The number of nitrogens with one attached hydrogen (secondary N) is 1. The number of aromatic nitrogens is 1. The Balaban J connectivity index is 1.21. The van der Waals surface area contributed by atoms with E-state index in [1.807, 2.05) is 79.0 Å². The number of amidine groups is 2. The van der Waals surface area contributed by atoms with Crippen molar-refractivity contribution in [2.75, 3.05) is 6.79 Å². The van der Waals surface area contributed by atoms with Crippen LogP contribution in [0.3, 0.4) is 0 Å². The third-order valence-electron chi connectivity index (χ3n) is 6.60. The highest BCUT2D eigenvalue weighted by molar-refractivity contribution is 8.26. The van der Waals surface area contributed by atoms with Gasteiger partial charge in [-0.3, -0.25) is 10.2 Å². The quantitative estimate of drug-likeness (QED) is 0.362. The van der Waals surface area contributed by atoms with Crippen LogP contribution in [0.15, 0.2) is 94.7 Å². The summed E-state index contributed by atoms with van der Waals surface area (Å²) in [5.41, 5.74) is 4.26. The maximum Gasteiger partial charge on any atom is 0.283 e. The topological polar surface area (TPSA) is 92.3 Å². The van der Waals surface area contributed by atoms with E-state index < -0.39 is 5.91 Å². The maximum absolute atomic E-state index is 13.0. The molecule has 0 saturated heterocycles. The molecular weight excluding hydrogens is 498 g/mol. The van der Waals surface area contributed by atoms with Crippen LogP contribution in [0.4, 0.5) is 0 Å². The summed E-state index contributed by atoms with van der Waals surface area (Å²) < 4.78 is 13.1. The average molecular weight is 520 g/mol. The van der Waals surface area contributed by atoms with Gasteiger partial charge in [0.2, 0.25) is 12.0 Å². The summed E-state index contributed by atoms with van der Waals surface area (Å²) in [6.07, 6.45) is 4.37. The standard InChI is InChI=1S/C29H21N5O3S/c30-27-22(28(35)31-29-34(27)32-26(38-29)13-18-6-2-1-3-7-18)14-20-16-33(23-9-5-4-8-21(20)23)15-19-10-11-24-25(12-19)37-17-36-24/h1-12,14,16,30H,13,15,17H2/b22-14+,30-27?. The third kappa shape index (κ3) is 3.97. The highest BCUT2D eigenvalue weighted by Gasteiger charge is 2.35. The Morgan fingerprint density at radius 3 is 2.68 bits per heavy atom. The van der Waals surface area contributed by atoms with Crippen molar-refractivity contribution in [2.24, 2.45) is 10.1 Å². The van der Waals surface area contributed by atoms with Crippen LogP contribution in [-0.2, 0) is 17.8 Å². The Morgan fingerprint density at radius 2 is 1.79 bits per heavy atom. The number of ether oxygens (including phenoxy) is 2. The highest BCUT2D eigenvalue weighted by Crippen LogP contribution is 2.34. The first-order chi connectivity index (χ1) is 18.6. The van der Waals surface area contributed by atoms with Crippen LogP contribution in [0.2, 0.25) is 0 Å². The predicted octanol–water partition coefficient (Wildman–Crippen LogP) is 5.28. The molecule has 8 nitrogen and oxygen atoms in total. The number of hydrazone groups is 1. The summed E-state index contributed by atoms with van der Waals surface area (Å²) in [6.45, 7) is 0.852. The summed E-state index contributed by atoms with van der Waals surface area (Å²) in [4.78, 5) is 17.3. The van der Waals surface area contributed by atoms with Gasteiger partial charge in [-0.05, 0) is 47.2 Å². The predicted molar refractivity (Wildman–Crippen MR) is 149 cm³/mol. The van der Waals surface area contributed by atoms with Gasteiger partial charge < -0.3 is 14.0 Å². The maximum atomic E-state index is 13.0. The van der Waals surface area contributed by atoms with Crippen molar-refractivity contribution in [2.45, 2.75) is 13.0 Å². The SMILES string of the molecule is N=C1/C(=C\c2cn(Cc3ccc4c(c3)OCO4)c3ccccc23)C(=O)N=C2SC(Cc3ccccc3)=NN12. The Morgan fingerprint density at radius 1 is 0.974 bits per heavy atom. The normalized spacial score (nSPS) is 17.3. The number of aliphatic imine (C=N–C) groups is 1. The second-order valence-corrected chi connectivity index (χ2v) is 10.1. The van der Waals surface area contributed by atoms with E-state index in [0.717, 1.165) is 44.1 Å². The smallest absolute Gasteiger partial charge is 0.283 e. The van der Waals surface area contributed by atoms with Crippen molar-refractivity contribution in [1.29, 1.82) is 5.41 Å². The molecule has 38 heavy (non-hydrogen) atoms. The van der Waals surface area contributed by atoms with E-state index in [1.165, 1.54) is 16.8 Å². The van der Waals surface area contributed by atoms with Crippen LogP contribution in [-0.4, -0.2) is 38.3 Å². The Labute approximate surface area is 222 Å². The van der Waals surface area contributed by atoms with Crippen molar-refractivity contribution >= 4 is 50.7 Å². The van der Waals surface area contributed by atoms with E-state index in [0.29, 0.717) is 18.1 Å². The molecular formula is C29H21N5O3S. The number of hydrogen-bond donors (Lipinski definition) is 1. The van der Waals surface area contributed by atoms with E-state index >= 15 is 0 Å². The van der Waals surface area contributed by atoms with Crippen molar-refractivity contribution in [3.05, 3.63) is 101 Å². The van der Waals surface area contributed by atoms with Gasteiger partial charge in [-0.25, -0.2) is 0 Å². The zero-order valence-electron chi connectivity index (χ0n) is 20.1. The third-order valence-corrected chi connectivity index (χ3v) is 7.51. The second-order valence-electron chi connectivity index (χ2n) is 9.09. The van der Waals surface area contributed by atoms with E-state index in [9.17, 15) is 4.79 Å². The van der Waals surface area contributed by atoms with E-state index in [2.05, 4.69) is 14.7 Å². The van der Waals surface area contributed by atoms with Gasteiger partial charge in [-0.2, -0.15) is 15.1 Å². The summed E-state index contributed by atoms with van der Waals surface area (Å²) in [6, 6.07) is 24.0. The minimum atomic E-state index is -0.433. The minimum Gasteiger partial charge on any atom is -0.454 e. The van der Waals surface area contributed by atoms with Crippen molar-refractivity contribution in [3.8, 4) is 11.5 Å². The van der Waals surface area contributed by atoms with Gasteiger partial charge in [0.1, 0.15) is 5.04 Å². The van der Waals surface area contributed by atoms with Gasteiger partial charge in [0.05, 0.1) is 5.57 Å². The number of benzene rings is 3. The van der Waals surface area contributed by atoms with Crippen LogP contribution < -0.4 is 9.47 Å². The molecule has 0 unspecified atom stereocenters. The summed E-state index contributed by atoms with van der Waals surface area (Å²) in [5.74, 6) is 1.09. The van der Waals surface area contributed by atoms with Gasteiger partial charge in [-0.1, -0.05) is 54.6 Å². The van der Waals surface area contributed by atoms with Crippen molar-refractivity contribution < 1.29 is 14.3 Å². The summed E-state index contributed by atoms with van der Waals surface area (Å²) in [5, 5.41) is 17.1. The molecule has 1 N–H and O–H groups in total. The molecule has 4 heterocycles. The Hall–Kier alpha value is -4.63. The van der Waals surface area contributed by atoms with Crippen molar-refractivity contribution in [1.82, 2.24) is 9.58 Å². The number of amides is 1. The lowest BCUT2D eigenvalue weighted by Gasteiger charge is -2.20. The molecule has 1 amide bonds. The fourth-order valence-corrected chi connectivity index (χ4v) is 5.71. The molecule has 0 saturated carbocycles. The molecule has 1 aromatic heterocycles. The zero-order chi connectivity index (χ0) is 25.6. The van der Waals surface area contributed by atoms with Crippen LogP contribution in [0, 0.1) is 5.41 Å². The van der Waals surface area contributed by atoms with Crippen LogP contribution in [0.1, 0.15) is 16.7 Å². The number of hydrogen-bond acceptors (Lipinski definition) is 6. The van der Waals surface area contributed by atoms with Crippen LogP contribution >= 0.6 is 11.8 Å². The van der Waals surface area contributed by atoms with Crippen molar-refractivity contribution in [3.63, 3.8) is 0 Å². The molecule has 7 rings (SSSR count). The van der Waals surface area contributed by atoms with Gasteiger partial charge in [0.25, 0.3) is 5.91 Å². The Bertz CT molecular complexity index is 1720. The zero-order valence-corrected chi connectivity index (χ0v) is 20.9. The van der Waals surface area contributed by atoms with E-state index in [1.54, 1.807) is 6.08 Å². The molecule has 0 bridgehead atoms. The fraction of sp³-hybridized carbons (Fsp3) is 0.103. The molecule has 3 aliphatic heterocycles. The molecule has 0 fully saturated rings. The summed E-state index contributed by atoms with van der Waals surface area (Å²) in [7, 11) is 0. The lowest BCUT2D eigenvalue weighted by Crippen LogP contribution is -2.35. The highest BCUT2D eigenvalue weighted by atomic mass is 32.2. The number of carbonyl (C=O) groups excluding carboxylic acids is 1. The number of fused-ring (bicyclic) bond motifs is 3. The number of carbonyl (C=O) groups is 1. The molecule has 0 aliphatic carbocycles. The number of thioether (sulfide) groups is 1. The monoisotopic (exact) mass is 519 g/mol. The van der Waals surface area contributed by atoms with Gasteiger partial charge in [0, 0.05) is 35.6 Å². The van der Waals surface area contributed by atoms with E-state index in [4.69, 9.17) is 14.9 Å². The molecule has 3 aromatic carbocycles. The molecule has 0 spiro atoms. The first-order valence-electron chi connectivity index (χ1n) is 12.1. The number of para-hydroxylation sites is 1. The molecule has 0 radical (unpaired) electrons. The van der Waals surface area contributed by atoms with Gasteiger partial charge in [0.15, 0.2) is 17.3 Å². The minimum absolute atomic E-state index is 0.0307. The van der Waals surface area contributed by atoms with Gasteiger partial charge >= 0.3 is 0 Å². The molecule has 4 aromatic rings. The molecule has 3 aliphatic rings. The van der Waals surface area contributed by atoms with E-state index in [-0.39, 0.29) is 18.2 Å². The molecule has 0 atom stereocenters. The lowest BCUT2D eigenvalue weighted by molar-refractivity contribution is -0.114. The lowest BCUT2D eigenvalue weighted by atomic mass is 10.1. The van der Waals surface area contributed by atoms with Gasteiger partial charge in [-0.15, -0.1) is 0 Å².